The summed E-state index contributed by atoms with van der Waals surface area (Å²) in [5, 5.41) is 4.02. The third kappa shape index (κ3) is 3.17. The van der Waals surface area contributed by atoms with Crippen LogP contribution in [0.5, 0.6) is 0 Å². The van der Waals surface area contributed by atoms with E-state index in [1.54, 1.807) is 0 Å². The lowest BCUT2D eigenvalue weighted by atomic mass is 10.2. The third-order valence-electron chi connectivity index (χ3n) is 3.17. The zero-order chi connectivity index (χ0) is 11.4. The molecule has 4 heteroatoms. The van der Waals surface area contributed by atoms with Crippen LogP contribution in [0, 0.1) is 0 Å². The quantitative estimate of drug-likeness (QED) is 0.814. The van der Waals surface area contributed by atoms with E-state index in [0.717, 1.165) is 13.1 Å². The first-order valence-electron chi connectivity index (χ1n) is 5.77. The summed E-state index contributed by atoms with van der Waals surface area (Å²) in [5.74, 6) is 0. The number of rotatable bonds is 4. The van der Waals surface area contributed by atoms with Crippen molar-refractivity contribution in [2.24, 2.45) is 0 Å². The Kier molecular flexibility index (Phi) is 4.16. The number of nitrogens with one attached hydrogen (secondary N) is 1. The topological polar surface area (TPSA) is 28.2 Å². The number of aromatic nitrogens is 1. The number of halogens is 1. The molecule has 16 heavy (non-hydrogen) atoms. The number of pyridine rings is 1. The van der Waals surface area contributed by atoms with Crippen molar-refractivity contribution in [3.63, 3.8) is 0 Å². The highest BCUT2D eigenvalue weighted by Gasteiger charge is 2.19. The lowest BCUT2D eigenvalue weighted by molar-refractivity contribution is 0.300. The van der Waals surface area contributed by atoms with Crippen LogP contribution in [-0.2, 0) is 6.54 Å². The molecule has 1 aliphatic rings. The Morgan fingerprint density at radius 1 is 1.56 bits per heavy atom. The average molecular weight is 240 g/mol. The molecule has 1 aromatic rings. The van der Waals surface area contributed by atoms with E-state index in [9.17, 15) is 0 Å². The Balaban J connectivity index is 1.73. The van der Waals surface area contributed by atoms with E-state index in [0.29, 0.717) is 11.2 Å². The van der Waals surface area contributed by atoms with Crippen molar-refractivity contribution in [1.29, 1.82) is 0 Å². The second kappa shape index (κ2) is 5.62. The van der Waals surface area contributed by atoms with Crippen LogP contribution in [0.2, 0.25) is 5.15 Å². The molecule has 1 atom stereocenters. The van der Waals surface area contributed by atoms with Crippen LogP contribution >= 0.6 is 11.6 Å². The van der Waals surface area contributed by atoms with Crippen LogP contribution in [0.15, 0.2) is 18.3 Å². The van der Waals surface area contributed by atoms with Gasteiger partial charge in [0.1, 0.15) is 5.15 Å². The van der Waals surface area contributed by atoms with Crippen molar-refractivity contribution >= 4 is 11.6 Å². The highest BCUT2D eigenvalue weighted by Crippen LogP contribution is 2.13. The van der Waals surface area contributed by atoms with Gasteiger partial charge in [0.2, 0.25) is 0 Å². The molecule has 0 bridgehead atoms. The first-order chi connectivity index (χ1) is 7.75. The molecular weight excluding hydrogens is 222 g/mol. The Labute approximate surface area is 102 Å². The Morgan fingerprint density at radius 2 is 2.44 bits per heavy atom. The summed E-state index contributed by atoms with van der Waals surface area (Å²) in [6, 6.07) is 4.54. The molecule has 0 saturated carbocycles. The van der Waals surface area contributed by atoms with Gasteiger partial charge in [0, 0.05) is 25.3 Å². The van der Waals surface area contributed by atoms with Crippen LogP contribution in [0.1, 0.15) is 18.4 Å². The summed E-state index contributed by atoms with van der Waals surface area (Å²) in [7, 11) is 2.20. The highest BCUT2D eigenvalue weighted by molar-refractivity contribution is 6.29. The molecule has 1 aromatic heterocycles. The minimum atomic E-state index is 0.555. The number of hydrogen-bond acceptors (Lipinski definition) is 3. The lowest BCUT2D eigenvalue weighted by Crippen LogP contribution is -2.35. The van der Waals surface area contributed by atoms with E-state index in [-0.39, 0.29) is 0 Å². The molecule has 1 N–H and O–H groups in total. The third-order valence-corrected chi connectivity index (χ3v) is 3.39. The van der Waals surface area contributed by atoms with Crippen molar-refractivity contribution < 1.29 is 0 Å². The monoisotopic (exact) mass is 239 g/mol. The number of likely N-dealkylation sites (N-methyl/N-ethyl adjacent to an activating group) is 1. The van der Waals surface area contributed by atoms with Crippen LogP contribution in [-0.4, -0.2) is 36.1 Å². The van der Waals surface area contributed by atoms with Crippen molar-refractivity contribution in [3.8, 4) is 0 Å². The maximum atomic E-state index is 5.73. The number of likely N-dealkylation sites (tertiary alicyclic amines) is 1. The fourth-order valence-corrected chi connectivity index (χ4v) is 2.24. The second-order valence-electron chi connectivity index (χ2n) is 4.40. The van der Waals surface area contributed by atoms with Crippen molar-refractivity contribution in [2.45, 2.75) is 25.4 Å². The van der Waals surface area contributed by atoms with Gasteiger partial charge < -0.3 is 10.2 Å². The molecule has 1 aliphatic heterocycles. The minimum Gasteiger partial charge on any atom is -0.311 e. The largest absolute Gasteiger partial charge is 0.311 e. The summed E-state index contributed by atoms with van der Waals surface area (Å²) in [5.41, 5.74) is 1.19. The van der Waals surface area contributed by atoms with Gasteiger partial charge in [0.15, 0.2) is 0 Å². The smallest absolute Gasteiger partial charge is 0.129 e. The molecule has 0 amide bonds. The Bertz CT molecular complexity index is 326. The summed E-state index contributed by atoms with van der Waals surface area (Å²) >= 11 is 5.73. The van der Waals surface area contributed by atoms with E-state index < -0.39 is 0 Å². The Hall–Kier alpha value is -0.640. The molecule has 0 aromatic carbocycles. The predicted octanol–water partition coefficient (Wildman–Crippen LogP) is 1.92. The first-order valence-corrected chi connectivity index (χ1v) is 6.15. The van der Waals surface area contributed by atoms with Crippen molar-refractivity contribution in [2.75, 3.05) is 20.1 Å². The second-order valence-corrected chi connectivity index (χ2v) is 4.78. The van der Waals surface area contributed by atoms with Gasteiger partial charge in [-0.3, -0.25) is 0 Å². The van der Waals surface area contributed by atoms with Gasteiger partial charge >= 0.3 is 0 Å². The molecule has 0 spiro atoms. The van der Waals surface area contributed by atoms with Gasteiger partial charge in [-0.15, -0.1) is 0 Å². The SMILES string of the molecule is CN1CCCC1CNCc1ccc(Cl)nc1. The lowest BCUT2D eigenvalue weighted by Gasteiger charge is -2.19. The van der Waals surface area contributed by atoms with E-state index in [2.05, 4.69) is 22.2 Å². The average Bonchev–Trinajstić information content (AvgIpc) is 2.68. The first kappa shape index (κ1) is 11.8. The van der Waals surface area contributed by atoms with Gasteiger partial charge in [-0.05, 0) is 38.1 Å². The summed E-state index contributed by atoms with van der Waals surface area (Å²) in [6.07, 6.45) is 4.46. The van der Waals surface area contributed by atoms with Gasteiger partial charge in [-0.25, -0.2) is 4.98 Å². The predicted molar refractivity (Wildman–Crippen MR) is 66.6 cm³/mol. The van der Waals surface area contributed by atoms with Crippen molar-refractivity contribution in [1.82, 2.24) is 15.2 Å². The molecule has 3 nitrogen and oxygen atoms in total. The van der Waals surface area contributed by atoms with Crippen LogP contribution < -0.4 is 5.32 Å². The van der Waals surface area contributed by atoms with Gasteiger partial charge in [-0.2, -0.15) is 0 Å². The minimum absolute atomic E-state index is 0.555. The van der Waals surface area contributed by atoms with E-state index >= 15 is 0 Å². The number of nitrogens with zero attached hydrogens (tertiary/aromatic N) is 2. The van der Waals surface area contributed by atoms with Crippen LogP contribution in [0.3, 0.4) is 0 Å². The zero-order valence-electron chi connectivity index (χ0n) is 9.62. The highest BCUT2D eigenvalue weighted by atomic mass is 35.5. The van der Waals surface area contributed by atoms with E-state index in [1.807, 2.05) is 18.3 Å². The molecule has 1 saturated heterocycles. The molecule has 1 unspecified atom stereocenters. The molecule has 0 radical (unpaired) electrons. The summed E-state index contributed by atoms with van der Waals surface area (Å²) in [6.45, 7) is 3.16. The fourth-order valence-electron chi connectivity index (χ4n) is 2.13. The molecular formula is C12H18ClN3. The van der Waals surface area contributed by atoms with Gasteiger partial charge in [-0.1, -0.05) is 17.7 Å². The maximum absolute atomic E-state index is 5.73. The molecule has 2 rings (SSSR count). The molecule has 2 heterocycles. The Morgan fingerprint density at radius 3 is 3.06 bits per heavy atom. The zero-order valence-corrected chi connectivity index (χ0v) is 10.4. The van der Waals surface area contributed by atoms with Crippen LogP contribution in [0.25, 0.3) is 0 Å². The van der Waals surface area contributed by atoms with Crippen molar-refractivity contribution in [3.05, 3.63) is 29.0 Å². The molecule has 0 aliphatic carbocycles. The molecule has 1 fully saturated rings. The summed E-state index contributed by atoms with van der Waals surface area (Å²) < 4.78 is 0. The van der Waals surface area contributed by atoms with E-state index in [1.165, 1.54) is 24.9 Å². The maximum Gasteiger partial charge on any atom is 0.129 e. The normalized spacial score (nSPS) is 21.5. The standard InChI is InChI=1S/C12H18ClN3/c1-16-6-2-3-11(16)9-14-7-10-4-5-12(13)15-8-10/h4-5,8,11,14H,2-3,6-7,9H2,1H3. The fraction of sp³-hybridized carbons (Fsp3) is 0.583. The number of hydrogen-bond donors (Lipinski definition) is 1. The summed E-state index contributed by atoms with van der Waals surface area (Å²) in [4.78, 5) is 6.48. The van der Waals surface area contributed by atoms with Crippen LogP contribution in [0.4, 0.5) is 0 Å². The van der Waals surface area contributed by atoms with Gasteiger partial charge in [0.25, 0.3) is 0 Å². The van der Waals surface area contributed by atoms with Gasteiger partial charge in [0.05, 0.1) is 0 Å². The molecule has 88 valence electrons. The van der Waals surface area contributed by atoms with E-state index in [4.69, 9.17) is 11.6 Å².